The van der Waals surface area contributed by atoms with Crippen LogP contribution in [0.1, 0.15) is 17.3 Å². The minimum Gasteiger partial charge on any atom is -0.495 e. The van der Waals surface area contributed by atoms with E-state index in [1.165, 1.54) is 25.3 Å². The average molecular weight is 244 g/mol. The molecule has 0 saturated heterocycles. The first-order valence-electron chi connectivity index (χ1n) is 4.56. The van der Waals surface area contributed by atoms with E-state index in [0.29, 0.717) is 0 Å². The summed E-state index contributed by atoms with van der Waals surface area (Å²) in [5.74, 6) is -0.272. The number of carbonyl (C=O) groups excluding carboxylic acids is 1. The lowest BCUT2D eigenvalue weighted by Crippen LogP contribution is -2.06. The van der Waals surface area contributed by atoms with Gasteiger partial charge in [0.1, 0.15) is 10.6 Å². The lowest BCUT2D eigenvalue weighted by atomic mass is 10.2. The molecule has 1 aromatic carbocycles. The highest BCUT2D eigenvalue weighted by atomic mass is 32.2. The molecule has 1 N–H and O–H groups in total. The van der Waals surface area contributed by atoms with Crippen molar-refractivity contribution in [1.29, 1.82) is 0 Å². The van der Waals surface area contributed by atoms with E-state index in [2.05, 4.69) is 0 Å². The van der Waals surface area contributed by atoms with Crippen LogP contribution in [0.15, 0.2) is 23.1 Å². The molecule has 0 heterocycles. The Morgan fingerprint density at radius 2 is 2.19 bits per heavy atom. The molecule has 0 bridgehead atoms. The molecule has 88 valence electrons. The molecule has 16 heavy (non-hydrogen) atoms. The van der Waals surface area contributed by atoms with Gasteiger partial charge in [-0.2, -0.15) is 0 Å². The number of ether oxygens (including phenoxy) is 2. The lowest BCUT2D eigenvalue weighted by Gasteiger charge is -2.07. The lowest BCUT2D eigenvalue weighted by molar-refractivity contribution is 0.0526. The highest BCUT2D eigenvalue weighted by molar-refractivity contribution is 7.79. The topological polar surface area (TPSA) is 72.8 Å². The Morgan fingerprint density at radius 1 is 1.50 bits per heavy atom. The van der Waals surface area contributed by atoms with Gasteiger partial charge in [0.05, 0.1) is 19.3 Å². The van der Waals surface area contributed by atoms with Crippen LogP contribution < -0.4 is 4.74 Å². The maximum atomic E-state index is 11.4. The van der Waals surface area contributed by atoms with Crippen molar-refractivity contribution in [3.63, 3.8) is 0 Å². The van der Waals surface area contributed by atoms with E-state index < -0.39 is 17.0 Å². The van der Waals surface area contributed by atoms with Crippen molar-refractivity contribution in [1.82, 2.24) is 0 Å². The fourth-order valence-corrected chi connectivity index (χ4v) is 1.71. The molecule has 0 aliphatic rings. The first-order chi connectivity index (χ1) is 7.60. The Balaban J connectivity index is 3.11. The van der Waals surface area contributed by atoms with Gasteiger partial charge in [-0.25, -0.2) is 9.00 Å². The largest absolute Gasteiger partial charge is 0.495 e. The number of benzene rings is 1. The van der Waals surface area contributed by atoms with E-state index >= 15 is 0 Å². The van der Waals surface area contributed by atoms with Crippen molar-refractivity contribution in [2.24, 2.45) is 0 Å². The van der Waals surface area contributed by atoms with Crippen molar-refractivity contribution in [3.05, 3.63) is 23.8 Å². The highest BCUT2D eigenvalue weighted by Gasteiger charge is 2.14. The zero-order valence-corrected chi connectivity index (χ0v) is 9.74. The van der Waals surface area contributed by atoms with Gasteiger partial charge in [0.15, 0.2) is 11.1 Å². The van der Waals surface area contributed by atoms with Crippen LogP contribution in [0.2, 0.25) is 0 Å². The molecule has 0 aromatic heterocycles. The molecule has 0 amide bonds. The smallest absolute Gasteiger partial charge is 0.338 e. The van der Waals surface area contributed by atoms with Crippen molar-refractivity contribution < 1.29 is 23.0 Å². The summed E-state index contributed by atoms with van der Waals surface area (Å²) in [4.78, 5) is 11.4. The molecule has 1 atom stereocenters. The van der Waals surface area contributed by atoms with Crippen molar-refractivity contribution in [2.45, 2.75) is 11.8 Å². The Bertz CT molecular complexity index is 416. The van der Waals surface area contributed by atoms with Crippen molar-refractivity contribution in [2.75, 3.05) is 13.7 Å². The molecule has 0 spiro atoms. The Morgan fingerprint density at radius 3 is 2.69 bits per heavy atom. The molecule has 6 heteroatoms. The predicted molar refractivity (Wildman–Crippen MR) is 58.0 cm³/mol. The summed E-state index contributed by atoms with van der Waals surface area (Å²) >= 11 is -2.20. The van der Waals surface area contributed by atoms with Crippen LogP contribution in [0.5, 0.6) is 5.75 Å². The molecule has 0 fully saturated rings. The molecule has 0 saturated carbocycles. The first kappa shape index (κ1) is 12.7. The van der Waals surface area contributed by atoms with Crippen molar-refractivity contribution in [3.8, 4) is 5.75 Å². The number of hydrogen-bond donors (Lipinski definition) is 1. The van der Waals surface area contributed by atoms with E-state index in [1.54, 1.807) is 6.92 Å². The van der Waals surface area contributed by atoms with Gasteiger partial charge in [-0.05, 0) is 25.1 Å². The third-order valence-electron chi connectivity index (χ3n) is 1.86. The Hall–Kier alpha value is -1.40. The predicted octanol–water partition coefficient (Wildman–Crippen LogP) is 1.45. The van der Waals surface area contributed by atoms with Crippen LogP contribution in [0, 0.1) is 0 Å². The molecule has 0 aliphatic carbocycles. The van der Waals surface area contributed by atoms with Gasteiger partial charge in [0, 0.05) is 0 Å². The van der Waals surface area contributed by atoms with Gasteiger partial charge in [-0.1, -0.05) is 0 Å². The number of methoxy groups -OCH3 is 1. The standard InChI is InChI=1S/C10H12O5S/c1-3-15-10(11)7-4-5-8(14-2)9(6-7)16(12)13/h4-6H,3H2,1-2H3,(H,12,13). The quantitative estimate of drug-likeness (QED) is 0.641. The second kappa shape index (κ2) is 5.62. The summed E-state index contributed by atoms with van der Waals surface area (Å²) in [6.45, 7) is 1.94. The molecule has 0 aliphatic heterocycles. The number of hydrogen-bond acceptors (Lipinski definition) is 4. The summed E-state index contributed by atoms with van der Waals surface area (Å²) in [6.07, 6.45) is 0. The number of esters is 1. The molecule has 1 unspecified atom stereocenters. The van der Waals surface area contributed by atoms with Gasteiger partial charge in [0.25, 0.3) is 0 Å². The summed E-state index contributed by atoms with van der Waals surface area (Å²) in [5, 5.41) is 0. The maximum absolute atomic E-state index is 11.4. The second-order valence-electron chi connectivity index (χ2n) is 2.84. The van der Waals surface area contributed by atoms with E-state index in [1.807, 2.05) is 0 Å². The molecule has 5 nitrogen and oxygen atoms in total. The van der Waals surface area contributed by atoms with Crippen LogP contribution in [-0.4, -0.2) is 28.4 Å². The summed E-state index contributed by atoms with van der Waals surface area (Å²) in [6, 6.07) is 4.22. The number of rotatable bonds is 4. The van der Waals surface area contributed by atoms with Crippen LogP contribution in [0.25, 0.3) is 0 Å². The minimum absolute atomic E-state index is 0.0491. The molecule has 1 rings (SSSR count). The SMILES string of the molecule is CCOC(=O)c1ccc(OC)c(S(=O)O)c1. The third-order valence-corrected chi connectivity index (χ3v) is 2.56. The fraction of sp³-hybridized carbons (Fsp3) is 0.300. The number of carbonyl (C=O) groups is 1. The van der Waals surface area contributed by atoms with Gasteiger partial charge in [-0.15, -0.1) is 0 Å². The normalized spacial score (nSPS) is 11.9. The van der Waals surface area contributed by atoms with E-state index in [-0.39, 0.29) is 22.8 Å². The zero-order valence-electron chi connectivity index (χ0n) is 8.93. The van der Waals surface area contributed by atoms with E-state index in [9.17, 15) is 9.00 Å². The molecular weight excluding hydrogens is 232 g/mol. The van der Waals surface area contributed by atoms with Crippen molar-refractivity contribution >= 4 is 17.0 Å². The van der Waals surface area contributed by atoms with Crippen LogP contribution in [-0.2, 0) is 15.8 Å². The first-order valence-corrected chi connectivity index (χ1v) is 5.66. The maximum Gasteiger partial charge on any atom is 0.338 e. The summed E-state index contributed by atoms with van der Waals surface area (Å²) < 4.78 is 29.7. The molecular formula is C10H12O5S. The second-order valence-corrected chi connectivity index (χ2v) is 3.77. The molecule has 1 aromatic rings. The molecule has 0 radical (unpaired) electrons. The van der Waals surface area contributed by atoms with Gasteiger partial charge >= 0.3 is 5.97 Å². The van der Waals surface area contributed by atoms with Crippen LogP contribution in [0.4, 0.5) is 0 Å². The van der Waals surface area contributed by atoms with Gasteiger partial charge < -0.3 is 14.0 Å². The van der Waals surface area contributed by atoms with Gasteiger partial charge in [0.2, 0.25) is 0 Å². The summed E-state index contributed by atoms with van der Waals surface area (Å²) in [7, 11) is 1.38. The highest BCUT2D eigenvalue weighted by Crippen LogP contribution is 2.22. The summed E-state index contributed by atoms with van der Waals surface area (Å²) in [5.41, 5.74) is 0.222. The monoisotopic (exact) mass is 244 g/mol. The third kappa shape index (κ3) is 2.80. The fourth-order valence-electron chi connectivity index (χ4n) is 1.15. The Kier molecular flexibility index (Phi) is 4.45. The van der Waals surface area contributed by atoms with Gasteiger partial charge in [-0.3, -0.25) is 0 Å². The average Bonchev–Trinajstić information content (AvgIpc) is 2.28. The minimum atomic E-state index is -2.20. The van der Waals surface area contributed by atoms with E-state index in [4.69, 9.17) is 14.0 Å². The van der Waals surface area contributed by atoms with E-state index in [0.717, 1.165) is 0 Å². The zero-order chi connectivity index (χ0) is 12.1. The Labute approximate surface area is 95.7 Å². The van der Waals surface area contributed by atoms with Crippen LogP contribution in [0.3, 0.4) is 0 Å². The van der Waals surface area contributed by atoms with Crippen LogP contribution >= 0.6 is 0 Å².